The molecule has 4 rings (SSSR count). The van der Waals surface area contributed by atoms with Crippen molar-refractivity contribution in [2.24, 2.45) is 0 Å². The molecule has 0 amide bonds. The minimum absolute atomic E-state index is 0.0304. The van der Waals surface area contributed by atoms with E-state index in [9.17, 15) is 4.79 Å². The second-order valence-electron chi connectivity index (χ2n) is 9.97. The SMILES string of the molecule is CC(C)(C)OC(=O)c1ccc(CN2CCC(Oc3cc(Cl)cc(Cl)c3)CC2)c(C2CC2)c1F. The molecule has 178 valence electrons. The zero-order valence-electron chi connectivity index (χ0n) is 19.3. The highest BCUT2D eigenvalue weighted by Crippen LogP contribution is 2.44. The molecule has 2 aromatic rings. The van der Waals surface area contributed by atoms with E-state index in [4.69, 9.17) is 32.7 Å². The number of hydrogen-bond donors (Lipinski definition) is 0. The fraction of sp³-hybridized carbons (Fsp3) is 0.500. The first kappa shape index (κ1) is 24.3. The fourth-order valence-electron chi connectivity index (χ4n) is 4.29. The van der Waals surface area contributed by atoms with Gasteiger partial charge in [-0.3, -0.25) is 4.90 Å². The number of rotatable bonds is 6. The van der Waals surface area contributed by atoms with Gasteiger partial charge in [-0.15, -0.1) is 0 Å². The maximum Gasteiger partial charge on any atom is 0.341 e. The van der Waals surface area contributed by atoms with Gasteiger partial charge in [0.1, 0.15) is 23.3 Å². The largest absolute Gasteiger partial charge is 0.490 e. The van der Waals surface area contributed by atoms with Crippen molar-refractivity contribution in [1.29, 1.82) is 0 Å². The van der Waals surface area contributed by atoms with Crippen molar-refractivity contribution in [2.75, 3.05) is 13.1 Å². The number of esters is 1. The molecular weight excluding hydrogens is 464 g/mol. The molecule has 1 heterocycles. The summed E-state index contributed by atoms with van der Waals surface area (Å²) in [7, 11) is 0. The number of halogens is 3. The first-order valence-electron chi connectivity index (χ1n) is 11.5. The Morgan fingerprint density at radius 1 is 1.06 bits per heavy atom. The van der Waals surface area contributed by atoms with Crippen LogP contribution in [-0.2, 0) is 11.3 Å². The summed E-state index contributed by atoms with van der Waals surface area (Å²) in [5, 5.41) is 1.11. The van der Waals surface area contributed by atoms with E-state index in [-0.39, 0.29) is 17.6 Å². The predicted molar refractivity (Wildman–Crippen MR) is 129 cm³/mol. The number of ether oxygens (including phenoxy) is 2. The fourth-order valence-corrected chi connectivity index (χ4v) is 4.80. The van der Waals surface area contributed by atoms with Gasteiger partial charge >= 0.3 is 5.97 Å². The van der Waals surface area contributed by atoms with Crippen molar-refractivity contribution in [3.63, 3.8) is 0 Å². The van der Waals surface area contributed by atoms with Gasteiger partial charge in [-0.05, 0) is 87.8 Å². The lowest BCUT2D eigenvalue weighted by atomic mass is 9.97. The summed E-state index contributed by atoms with van der Waals surface area (Å²) >= 11 is 12.1. The third-order valence-electron chi connectivity index (χ3n) is 5.94. The highest BCUT2D eigenvalue weighted by Gasteiger charge is 2.33. The Morgan fingerprint density at radius 2 is 1.70 bits per heavy atom. The molecule has 0 N–H and O–H groups in total. The molecule has 0 spiro atoms. The number of benzene rings is 2. The van der Waals surface area contributed by atoms with E-state index in [2.05, 4.69) is 4.90 Å². The topological polar surface area (TPSA) is 38.8 Å². The molecule has 0 radical (unpaired) electrons. The summed E-state index contributed by atoms with van der Waals surface area (Å²) in [5.41, 5.74) is 1.02. The van der Waals surface area contributed by atoms with Crippen molar-refractivity contribution in [1.82, 2.24) is 4.90 Å². The van der Waals surface area contributed by atoms with E-state index in [1.807, 2.05) is 6.07 Å². The van der Waals surface area contributed by atoms with Gasteiger partial charge in [0, 0.05) is 29.7 Å². The molecular formula is C26H30Cl2FNO3. The molecule has 1 saturated heterocycles. The number of nitrogens with zero attached hydrogens (tertiary/aromatic N) is 1. The Labute approximate surface area is 205 Å². The van der Waals surface area contributed by atoms with Crippen molar-refractivity contribution < 1.29 is 18.7 Å². The van der Waals surface area contributed by atoms with Crippen LogP contribution in [0.15, 0.2) is 30.3 Å². The average molecular weight is 494 g/mol. The molecule has 0 bridgehead atoms. The van der Waals surface area contributed by atoms with Gasteiger partial charge in [0.2, 0.25) is 0 Å². The highest BCUT2D eigenvalue weighted by molar-refractivity contribution is 6.34. The Kier molecular flexibility index (Phi) is 7.23. The third kappa shape index (κ3) is 6.40. The van der Waals surface area contributed by atoms with E-state index < -0.39 is 17.4 Å². The van der Waals surface area contributed by atoms with Crippen molar-refractivity contribution in [3.8, 4) is 5.75 Å². The Morgan fingerprint density at radius 3 is 2.27 bits per heavy atom. The second kappa shape index (κ2) is 9.81. The zero-order valence-corrected chi connectivity index (χ0v) is 20.8. The molecule has 0 aromatic heterocycles. The van der Waals surface area contributed by atoms with Gasteiger partial charge < -0.3 is 9.47 Å². The number of carbonyl (C=O) groups is 1. The lowest BCUT2D eigenvalue weighted by Crippen LogP contribution is -2.38. The van der Waals surface area contributed by atoms with Crippen LogP contribution in [-0.4, -0.2) is 35.7 Å². The molecule has 0 atom stereocenters. The molecule has 33 heavy (non-hydrogen) atoms. The van der Waals surface area contributed by atoms with Crippen LogP contribution in [0.4, 0.5) is 4.39 Å². The van der Waals surface area contributed by atoms with Gasteiger partial charge in [-0.25, -0.2) is 9.18 Å². The summed E-state index contributed by atoms with van der Waals surface area (Å²) in [6, 6.07) is 8.70. The molecule has 1 aliphatic carbocycles. The molecule has 0 unspecified atom stereocenters. The summed E-state index contributed by atoms with van der Waals surface area (Å²) in [6.07, 6.45) is 3.73. The summed E-state index contributed by atoms with van der Waals surface area (Å²) in [5.74, 6) is -0.148. The van der Waals surface area contributed by atoms with Crippen LogP contribution in [0.2, 0.25) is 10.0 Å². The zero-order chi connectivity index (χ0) is 23.8. The summed E-state index contributed by atoms with van der Waals surface area (Å²) in [4.78, 5) is 14.8. The molecule has 2 fully saturated rings. The Hall–Kier alpha value is -1.82. The number of hydrogen-bond acceptors (Lipinski definition) is 4. The smallest absolute Gasteiger partial charge is 0.341 e. The molecule has 2 aromatic carbocycles. The van der Waals surface area contributed by atoms with Gasteiger partial charge in [-0.1, -0.05) is 29.3 Å². The normalized spacial score (nSPS) is 17.8. The van der Waals surface area contributed by atoms with Gasteiger partial charge in [0.25, 0.3) is 0 Å². The minimum atomic E-state index is -0.662. The Bertz CT molecular complexity index is 1000. The van der Waals surface area contributed by atoms with Crippen molar-refractivity contribution in [2.45, 2.75) is 70.6 Å². The van der Waals surface area contributed by atoms with Crippen LogP contribution in [0.25, 0.3) is 0 Å². The van der Waals surface area contributed by atoms with E-state index >= 15 is 4.39 Å². The van der Waals surface area contributed by atoms with Crippen LogP contribution in [0, 0.1) is 5.82 Å². The van der Waals surface area contributed by atoms with Crippen LogP contribution in [0.3, 0.4) is 0 Å². The lowest BCUT2D eigenvalue weighted by molar-refractivity contribution is 0.00643. The average Bonchev–Trinajstić information content (AvgIpc) is 3.52. The van der Waals surface area contributed by atoms with Crippen molar-refractivity contribution in [3.05, 3.63) is 62.9 Å². The monoisotopic (exact) mass is 493 g/mol. The van der Waals surface area contributed by atoms with E-state index in [1.165, 1.54) is 0 Å². The Balaban J connectivity index is 1.41. The third-order valence-corrected chi connectivity index (χ3v) is 6.38. The standard InChI is InChI=1S/C26H30Cl2FNO3/c1-26(2,3)33-25(31)22-7-6-17(23(24(22)29)16-4-5-16)15-30-10-8-20(9-11-30)32-21-13-18(27)12-19(28)14-21/h6-7,12-14,16,20H,4-5,8-11,15H2,1-3H3. The first-order valence-corrected chi connectivity index (χ1v) is 12.2. The van der Waals surface area contributed by atoms with E-state index in [0.717, 1.165) is 44.3 Å². The summed E-state index contributed by atoms with van der Waals surface area (Å²) < 4.78 is 26.9. The molecule has 4 nitrogen and oxygen atoms in total. The number of likely N-dealkylation sites (tertiary alicyclic amines) is 1. The predicted octanol–water partition coefficient (Wildman–Crippen LogP) is 7.01. The minimum Gasteiger partial charge on any atom is -0.490 e. The maximum atomic E-state index is 15.4. The summed E-state index contributed by atoms with van der Waals surface area (Å²) in [6.45, 7) is 7.71. The second-order valence-corrected chi connectivity index (χ2v) is 10.8. The van der Waals surface area contributed by atoms with Gasteiger partial charge in [-0.2, -0.15) is 0 Å². The van der Waals surface area contributed by atoms with Crippen LogP contribution >= 0.6 is 23.2 Å². The van der Waals surface area contributed by atoms with Crippen LogP contribution < -0.4 is 4.74 Å². The quantitative estimate of drug-likeness (QED) is 0.405. The molecule has 1 saturated carbocycles. The van der Waals surface area contributed by atoms with Gasteiger partial charge in [0.05, 0.1) is 5.56 Å². The molecule has 1 aliphatic heterocycles. The van der Waals surface area contributed by atoms with Crippen LogP contribution in [0.1, 0.15) is 73.9 Å². The maximum absolute atomic E-state index is 15.4. The van der Waals surface area contributed by atoms with Gasteiger partial charge in [0.15, 0.2) is 0 Å². The number of piperidine rings is 1. The van der Waals surface area contributed by atoms with E-state index in [1.54, 1.807) is 45.0 Å². The number of carbonyl (C=O) groups excluding carboxylic acids is 1. The lowest BCUT2D eigenvalue weighted by Gasteiger charge is -2.32. The molecule has 7 heteroatoms. The highest BCUT2D eigenvalue weighted by atomic mass is 35.5. The molecule has 2 aliphatic rings. The van der Waals surface area contributed by atoms with Crippen molar-refractivity contribution >= 4 is 29.2 Å². The van der Waals surface area contributed by atoms with E-state index in [0.29, 0.717) is 27.9 Å². The first-order chi connectivity index (χ1) is 15.6. The van der Waals surface area contributed by atoms with Crippen LogP contribution in [0.5, 0.6) is 5.75 Å².